The van der Waals surface area contributed by atoms with Gasteiger partial charge in [0.1, 0.15) is 0 Å². The van der Waals surface area contributed by atoms with Crippen LogP contribution in [0, 0.1) is 0 Å². The van der Waals surface area contributed by atoms with Crippen LogP contribution in [0.25, 0.3) is 21.8 Å². The summed E-state index contributed by atoms with van der Waals surface area (Å²) in [5.74, 6) is -1.00. The lowest BCUT2D eigenvalue weighted by atomic mass is 10.1. The van der Waals surface area contributed by atoms with Crippen molar-refractivity contribution in [1.29, 1.82) is 0 Å². The molecule has 0 unspecified atom stereocenters. The van der Waals surface area contributed by atoms with Crippen LogP contribution in [0.4, 0.5) is 0 Å². The number of hydrogen-bond acceptors (Lipinski definition) is 2. The Balaban J connectivity index is 1.93. The van der Waals surface area contributed by atoms with Crippen molar-refractivity contribution in [1.82, 2.24) is 9.97 Å². The molecule has 116 valence electrons. The van der Waals surface area contributed by atoms with E-state index < -0.39 is 5.79 Å². The second kappa shape index (κ2) is 5.26. The van der Waals surface area contributed by atoms with Gasteiger partial charge in [0.05, 0.1) is 11.4 Å². The number of H-pyrrole nitrogens is 2. The van der Waals surface area contributed by atoms with Crippen molar-refractivity contribution in [3.8, 4) is 0 Å². The molecule has 4 nitrogen and oxygen atoms in total. The standard InChI is InChI=1S/C19H18N2O2/c1-22-19(23-2,17-11-13-7-3-5-9-15(13)20-17)18-12-14-8-4-6-10-16(14)21-18/h3-12,20-21H,1-2H3. The molecule has 0 bridgehead atoms. The molecule has 0 fully saturated rings. The Labute approximate surface area is 134 Å². The molecular weight excluding hydrogens is 288 g/mol. The van der Waals surface area contributed by atoms with Crippen LogP contribution >= 0.6 is 0 Å². The lowest BCUT2D eigenvalue weighted by Crippen LogP contribution is -2.33. The molecule has 2 heterocycles. The van der Waals surface area contributed by atoms with E-state index in [1.54, 1.807) is 14.2 Å². The summed E-state index contributed by atoms with van der Waals surface area (Å²) < 4.78 is 11.7. The second-order valence-corrected chi connectivity index (χ2v) is 5.57. The Morgan fingerprint density at radius 2 is 1.13 bits per heavy atom. The number of nitrogens with one attached hydrogen (secondary N) is 2. The first kappa shape index (κ1) is 14.1. The highest BCUT2D eigenvalue weighted by Gasteiger charge is 2.38. The summed E-state index contributed by atoms with van der Waals surface area (Å²) in [6.45, 7) is 0. The Morgan fingerprint density at radius 1 is 0.696 bits per heavy atom. The number of para-hydroxylation sites is 2. The second-order valence-electron chi connectivity index (χ2n) is 5.57. The van der Waals surface area contributed by atoms with Crippen LogP contribution in [0.15, 0.2) is 60.7 Å². The molecule has 0 amide bonds. The van der Waals surface area contributed by atoms with Gasteiger partial charge in [0, 0.05) is 25.3 Å². The topological polar surface area (TPSA) is 50.0 Å². The number of benzene rings is 2. The Kier molecular flexibility index (Phi) is 3.22. The van der Waals surface area contributed by atoms with Gasteiger partial charge in [-0.15, -0.1) is 0 Å². The van der Waals surface area contributed by atoms with Crippen LogP contribution in [0.2, 0.25) is 0 Å². The molecule has 0 atom stereocenters. The van der Waals surface area contributed by atoms with Crippen LogP contribution in [0.3, 0.4) is 0 Å². The number of ether oxygens (including phenoxy) is 2. The van der Waals surface area contributed by atoms with E-state index in [0.29, 0.717) is 0 Å². The third-order valence-electron chi connectivity index (χ3n) is 4.34. The highest BCUT2D eigenvalue weighted by atomic mass is 16.7. The van der Waals surface area contributed by atoms with Crippen molar-refractivity contribution in [2.24, 2.45) is 0 Å². The largest absolute Gasteiger partial charge is 0.354 e. The van der Waals surface area contributed by atoms with Crippen molar-refractivity contribution in [3.63, 3.8) is 0 Å². The summed E-state index contributed by atoms with van der Waals surface area (Å²) in [7, 11) is 3.31. The molecule has 4 aromatic rings. The highest BCUT2D eigenvalue weighted by molar-refractivity contribution is 5.82. The Bertz CT molecular complexity index is 822. The number of hydrogen-bond donors (Lipinski definition) is 2. The Morgan fingerprint density at radius 3 is 1.52 bits per heavy atom. The summed E-state index contributed by atoms with van der Waals surface area (Å²) in [6.07, 6.45) is 0. The SMILES string of the molecule is COC(OC)(c1cc2ccccc2[nH]1)c1cc2ccccc2[nH]1. The van der Waals surface area contributed by atoms with Gasteiger partial charge in [-0.25, -0.2) is 0 Å². The van der Waals surface area contributed by atoms with Gasteiger partial charge in [-0.05, 0) is 35.0 Å². The fourth-order valence-electron chi connectivity index (χ4n) is 3.17. The molecule has 23 heavy (non-hydrogen) atoms. The normalized spacial score (nSPS) is 12.3. The average Bonchev–Trinajstić information content (AvgIpc) is 3.21. The summed E-state index contributed by atoms with van der Waals surface area (Å²) in [5, 5.41) is 2.24. The molecule has 4 rings (SSSR count). The van der Waals surface area contributed by atoms with E-state index in [-0.39, 0.29) is 0 Å². The molecule has 2 aromatic heterocycles. The van der Waals surface area contributed by atoms with E-state index in [2.05, 4.69) is 34.2 Å². The van der Waals surface area contributed by atoms with Gasteiger partial charge in [-0.2, -0.15) is 0 Å². The summed E-state index contributed by atoms with van der Waals surface area (Å²) in [5.41, 5.74) is 3.82. The zero-order valence-corrected chi connectivity index (χ0v) is 13.1. The predicted octanol–water partition coefficient (Wildman–Crippen LogP) is 4.14. The van der Waals surface area contributed by atoms with E-state index in [1.165, 1.54) is 0 Å². The number of aromatic nitrogens is 2. The van der Waals surface area contributed by atoms with Gasteiger partial charge in [0.2, 0.25) is 0 Å². The van der Waals surface area contributed by atoms with E-state index in [4.69, 9.17) is 9.47 Å². The molecule has 2 aromatic carbocycles. The molecule has 0 saturated carbocycles. The predicted molar refractivity (Wildman–Crippen MR) is 91.4 cm³/mol. The molecule has 4 heteroatoms. The lowest BCUT2D eigenvalue weighted by molar-refractivity contribution is -0.188. The first-order valence-corrected chi connectivity index (χ1v) is 7.53. The number of fused-ring (bicyclic) bond motifs is 2. The average molecular weight is 306 g/mol. The molecule has 0 aliphatic carbocycles. The van der Waals surface area contributed by atoms with Crippen LogP contribution < -0.4 is 0 Å². The molecular formula is C19H18N2O2. The summed E-state index contributed by atoms with van der Waals surface area (Å²) in [4.78, 5) is 6.82. The van der Waals surface area contributed by atoms with Gasteiger partial charge in [-0.1, -0.05) is 36.4 Å². The van der Waals surface area contributed by atoms with Crippen molar-refractivity contribution < 1.29 is 9.47 Å². The molecule has 2 N–H and O–H groups in total. The number of aromatic amines is 2. The summed E-state index contributed by atoms with van der Waals surface area (Å²) in [6, 6.07) is 20.4. The smallest absolute Gasteiger partial charge is 0.252 e. The van der Waals surface area contributed by atoms with Crippen molar-refractivity contribution in [2.45, 2.75) is 5.79 Å². The molecule has 0 radical (unpaired) electrons. The zero-order chi connectivity index (χ0) is 15.9. The Hall–Kier alpha value is -2.56. The monoisotopic (exact) mass is 306 g/mol. The summed E-state index contributed by atoms with van der Waals surface area (Å²) >= 11 is 0. The maximum atomic E-state index is 5.83. The van der Waals surface area contributed by atoms with E-state index in [0.717, 1.165) is 33.2 Å². The minimum Gasteiger partial charge on any atom is -0.354 e. The third kappa shape index (κ3) is 2.07. The maximum Gasteiger partial charge on any atom is 0.252 e. The molecule has 0 aliphatic heterocycles. The first-order chi connectivity index (χ1) is 11.3. The third-order valence-corrected chi connectivity index (χ3v) is 4.34. The lowest BCUT2D eigenvalue weighted by Gasteiger charge is -2.28. The van der Waals surface area contributed by atoms with Crippen LogP contribution in [-0.4, -0.2) is 24.2 Å². The molecule has 0 spiro atoms. The van der Waals surface area contributed by atoms with Crippen molar-refractivity contribution >= 4 is 21.8 Å². The fraction of sp³-hybridized carbons (Fsp3) is 0.158. The first-order valence-electron chi connectivity index (χ1n) is 7.53. The van der Waals surface area contributed by atoms with E-state index in [1.807, 2.05) is 36.4 Å². The maximum absolute atomic E-state index is 5.83. The van der Waals surface area contributed by atoms with Crippen LogP contribution in [-0.2, 0) is 15.3 Å². The zero-order valence-electron chi connectivity index (χ0n) is 13.1. The van der Waals surface area contributed by atoms with Gasteiger partial charge < -0.3 is 19.4 Å². The van der Waals surface area contributed by atoms with Gasteiger partial charge in [0.25, 0.3) is 5.79 Å². The van der Waals surface area contributed by atoms with E-state index in [9.17, 15) is 0 Å². The van der Waals surface area contributed by atoms with Gasteiger partial charge >= 0.3 is 0 Å². The minimum atomic E-state index is -1.00. The quantitative estimate of drug-likeness (QED) is 0.557. The van der Waals surface area contributed by atoms with Gasteiger partial charge in [-0.3, -0.25) is 0 Å². The van der Waals surface area contributed by atoms with Crippen LogP contribution in [0.1, 0.15) is 11.4 Å². The molecule has 0 aliphatic rings. The minimum absolute atomic E-state index is 0.857. The van der Waals surface area contributed by atoms with Crippen LogP contribution in [0.5, 0.6) is 0 Å². The number of methoxy groups -OCH3 is 2. The van der Waals surface area contributed by atoms with Gasteiger partial charge in [0.15, 0.2) is 0 Å². The van der Waals surface area contributed by atoms with Crippen molar-refractivity contribution in [2.75, 3.05) is 14.2 Å². The fourth-order valence-corrected chi connectivity index (χ4v) is 3.17. The number of rotatable bonds is 4. The van der Waals surface area contributed by atoms with E-state index >= 15 is 0 Å². The molecule has 0 saturated heterocycles. The highest BCUT2D eigenvalue weighted by Crippen LogP contribution is 2.36. The van der Waals surface area contributed by atoms with Crippen molar-refractivity contribution in [3.05, 3.63) is 72.1 Å².